The molecule has 2 saturated heterocycles. The third-order valence-electron chi connectivity index (χ3n) is 10.0. The van der Waals surface area contributed by atoms with Crippen LogP contribution in [0.5, 0.6) is 5.75 Å². The van der Waals surface area contributed by atoms with Gasteiger partial charge in [0, 0.05) is 64.4 Å². The number of aliphatic hydroxyl groups is 1. The van der Waals surface area contributed by atoms with Crippen LogP contribution in [0.4, 0.5) is 10.5 Å². The Bertz CT molecular complexity index is 1550. The maximum atomic E-state index is 13.4. The molecule has 2 fully saturated rings. The van der Waals surface area contributed by atoms with Gasteiger partial charge in [-0.05, 0) is 86.7 Å². The molecule has 2 aliphatic heterocycles. The molecule has 11 heteroatoms. The van der Waals surface area contributed by atoms with Crippen LogP contribution in [-0.2, 0) is 20.9 Å². The molecule has 0 aliphatic carbocycles. The van der Waals surface area contributed by atoms with Crippen molar-refractivity contribution in [3.05, 3.63) is 84.4 Å². The van der Waals surface area contributed by atoms with Crippen molar-refractivity contribution in [3.63, 3.8) is 0 Å². The molecule has 280 valence electrons. The summed E-state index contributed by atoms with van der Waals surface area (Å²) in [5.41, 5.74) is 3.64. The number of carbonyl (C=O) groups is 3. The number of nitrogens with zero attached hydrogens (tertiary/aromatic N) is 3. The summed E-state index contributed by atoms with van der Waals surface area (Å²) in [4.78, 5) is 45.0. The number of para-hydroxylation sites is 1. The van der Waals surface area contributed by atoms with Gasteiger partial charge in [0.2, 0.25) is 11.8 Å². The Kier molecular flexibility index (Phi) is 15.3. The van der Waals surface area contributed by atoms with Crippen LogP contribution >= 0.6 is 0 Å². The van der Waals surface area contributed by atoms with Crippen molar-refractivity contribution >= 4 is 23.6 Å². The highest BCUT2D eigenvalue weighted by atomic mass is 16.6. The van der Waals surface area contributed by atoms with E-state index in [0.717, 1.165) is 87.8 Å². The largest absolute Gasteiger partial charge is 0.508 e. The van der Waals surface area contributed by atoms with E-state index in [-0.39, 0.29) is 36.2 Å². The Balaban J connectivity index is 0.949. The van der Waals surface area contributed by atoms with Gasteiger partial charge in [-0.3, -0.25) is 19.8 Å². The van der Waals surface area contributed by atoms with E-state index in [9.17, 15) is 24.6 Å². The normalized spacial score (nSPS) is 17.0. The van der Waals surface area contributed by atoms with Crippen molar-refractivity contribution in [1.82, 2.24) is 20.0 Å². The van der Waals surface area contributed by atoms with Crippen LogP contribution in [0, 0.1) is 5.92 Å². The second-order valence-corrected chi connectivity index (χ2v) is 14.1. The van der Waals surface area contributed by atoms with Gasteiger partial charge < -0.3 is 30.1 Å². The topological polar surface area (TPSA) is 135 Å². The number of phenolic OH excluding ortho intramolecular Hbond substituents is 1. The third-order valence-corrected chi connectivity index (χ3v) is 10.0. The van der Waals surface area contributed by atoms with Crippen LogP contribution < -0.4 is 10.6 Å². The first-order valence-electron chi connectivity index (χ1n) is 18.9. The van der Waals surface area contributed by atoms with E-state index < -0.39 is 6.09 Å². The summed E-state index contributed by atoms with van der Waals surface area (Å²) in [5, 5.41) is 25.2. The van der Waals surface area contributed by atoms with Gasteiger partial charge in [-0.2, -0.15) is 0 Å². The lowest BCUT2D eigenvalue weighted by Crippen LogP contribution is -2.44. The molecule has 3 amide bonds. The van der Waals surface area contributed by atoms with E-state index in [2.05, 4.69) is 20.4 Å². The van der Waals surface area contributed by atoms with Crippen LogP contribution in [0.25, 0.3) is 11.1 Å². The number of aliphatic hydroxyl groups excluding tert-OH is 1. The fourth-order valence-electron chi connectivity index (χ4n) is 7.03. The number of nitrogens with one attached hydrogen (secondary N) is 2. The van der Waals surface area contributed by atoms with Crippen LogP contribution in [-0.4, -0.2) is 108 Å². The van der Waals surface area contributed by atoms with E-state index in [0.29, 0.717) is 44.8 Å². The summed E-state index contributed by atoms with van der Waals surface area (Å²) >= 11 is 0. The van der Waals surface area contributed by atoms with Gasteiger partial charge in [-0.25, -0.2) is 4.79 Å². The van der Waals surface area contributed by atoms with Gasteiger partial charge in [-0.15, -0.1) is 0 Å². The SMILES string of the molecule is O=C(CCN1CCC(OC(=O)Nc2ccccc2-c2ccccc2)CC1)NCCCCCN(Cc1ccc(O)cc1)C(=O)CN1CCCC(CO)C1. The van der Waals surface area contributed by atoms with Crippen LogP contribution in [0.1, 0.15) is 56.9 Å². The minimum absolute atomic E-state index is 0.0293. The molecule has 0 spiro atoms. The second kappa shape index (κ2) is 20.6. The number of ether oxygens (including phenoxy) is 1. The molecule has 4 N–H and O–H groups in total. The Labute approximate surface area is 307 Å². The van der Waals surface area contributed by atoms with E-state index in [1.165, 1.54) is 0 Å². The Morgan fingerprint density at radius 3 is 2.37 bits per heavy atom. The minimum atomic E-state index is -0.452. The first-order valence-corrected chi connectivity index (χ1v) is 18.9. The fourth-order valence-corrected chi connectivity index (χ4v) is 7.03. The molecule has 11 nitrogen and oxygen atoms in total. The predicted octanol–water partition coefficient (Wildman–Crippen LogP) is 5.48. The predicted molar refractivity (Wildman–Crippen MR) is 203 cm³/mol. The number of hydrogen-bond acceptors (Lipinski definition) is 8. The highest BCUT2D eigenvalue weighted by molar-refractivity contribution is 5.91. The lowest BCUT2D eigenvalue weighted by atomic mass is 9.99. The molecule has 0 aromatic heterocycles. The van der Waals surface area contributed by atoms with Gasteiger partial charge in [0.1, 0.15) is 11.9 Å². The average molecular weight is 714 g/mol. The molecule has 3 aromatic rings. The van der Waals surface area contributed by atoms with Crippen LogP contribution in [0.15, 0.2) is 78.9 Å². The number of rotatable bonds is 17. The standard InChI is InChI=1S/C41H55N5O6/c47-31-33-10-9-23-45(28-33)30-40(50)46(29-32-15-17-35(48)18-16-32)24-8-2-7-22-42-39(49)21-27-44-25-19-36(20-26-44)52-41(51)43-38-14-6-5-13-37(38)34-11-3-1-4-12-34/h1,3-6,11-18,33,36,47-48H,2,7-10,19-31H2,(H,42,49)(H,43,51). The van der Waals surface area contributed by atoms with Gasteiger partial charge in [0.25, 0.3) is 0 Å². The Morgan fingerprint density at radius 2 is 1.60 bits per heavy atom. The smallest absolute Gasteiger partial charge is 0.411 e. The van der Waals surface area contributed by atoms with Gasteiger partial charge in [0.05, 0.1) is 12.2 Å². The monoisotopic (exact) mass is 713 g/mol. The lowest BCUT2D eigenvalue weighted by Gasteiger charge is -2.33. The maximum Gasteiger partial charge on any atom is 0.411 e. The zero-order valence-electron chi connectivity index (χ0n) is 30.3. The maximum absolute atomic E-state index is 13.4. The van der Waals surface area contributed by atoms with Gasteiger partial charge >= 0.3 is 6.09 Å². The van der Waals surface area contributed by atoms with E-state index >= 15 is 0 Å². The summed E-state index contributed by atoms with van der Waals surface area (Å²) in [7, 11) is 0. The molecular weight excluding hydrogens is 658 g/mol. The molecule has 1 atom stereocenters. The molecule has 2 aliphatic rings. The summed E-state index contributed by atoms with van der Waals surface area (Å²) in [6.45, 7) is 6.00. The van der Waals surface area contributed by atoms with Crippen molar-refractivity contribution in [1.29, 1.82) is 0 Å². The van der Waals surface area contributed by atoms with Crippen molar-refractivity contribution in [2.24, 2.45) is 5.92 Å². The molecular formula is C41H55N5O6. The second-order valence-electron chi connectivity index (χ2n) is 14.1. The average Bonchev–Trinajstić information content (AvgIpc) is 3.16. The number of unbranched alkanes of at least 4 members (excludes halogenated alkanes) is 2. The summed E-state index contributed by atoms with van der Waals surface area (Å²) < 4.78 is 5.75. The highest BCUT2D eigenvalue weighted by Gasteiger charge is 2.25. The zero-order valence-corrected chi connectivity index (χ0v) is 30.3. The number of phenols is 1. The lowest BCUT2D eigenvalue weighted by molar-refractivity contribution is -0.133. The number of carbonyl (C=O) groups excluding carboxylic acids is 3. The summed E-state index contributed by atoms with van der Waals surface area (Å²) in [6.07, 6.45) is 5.79. The zero-order chi connectivity index (χ0) is 36.5. The third kappa shape index (κ3) is 12.6. The van der Waals surface area contributed by atoms with E-state index in [1.807, 2.05) is 71.6 Å². The fraction of sp³-hybridized carbons (Fsp3) is 0.488. The minimum Gasteiger partial charge on any atom is -0.508 e. The van der Waals surface area contributed by atoms with Crippen molar-refractivity contribution in [2.45, 2.75) is 64.0 Å². The van der Waals surface area contributed by atoms with Crippen molar-refractivity contribution in [2.75, 3.05) is 64.3 Å². The van der Waals surface area contributed by atoms with Crippen LogP contribution in [0.2, 0.25) is 0 Å². The molecule has 5 rings (SSSR count). The van der Waals surface area contributed by atoms with Crippen LogP contribution in [0.3, 0.4) is 0 Å². The number of amides is 3. The van der Waals surface area contributed by atoms with Gasteiger partial charge in [-0.1, -0.05) is 60.7 Å². The highest BCUT2D eigenvalue weighted by Crippen LogP contribution is 2.28. The number of likely N-dealkylation sites (tertiary alicyclic amines) is 2. The molecule has 2 heterocycles. The molecule has 0 radical (unpaired) electrons. The van der Waals surface area contributed by atoms with Crippen molar-refractivity contribution < 1.29 is 29.3 Å². The summed E-state index contributed by atoms with van der Waals surface area (Å²) in [6, 6.07) is 24.6. The van der Waals surface area contributed by atoms with E-state index in [1.54, 1.807) is 12.1 Å². The Morgan fingerprint density at radius 1 is 0.846 bits per heavy atom. The molecule has 1 unspecified atom stereocenters. The summed E-state index contributed by atoms with van der Waals surface area (Å²) in [5.74, 6) is 0.527. The molecule has 3 aromatic carbocycles. The quantitative estimate of drug-likeness (QED) is 0.135. The number of aromatic hydroxyl groups is 1. The molecule has 52 heavy (non-hydrogen) atoms. The number of anilines is 1. The number of benzene rings is 3. The first-order chi connectivity index (χ1) is 25.4. The Hall–Kier alpha value is -4.45. The van der Waals surface area contributed by atoms with Gasteiger partial charge in [0.15, 0.2) is 0 Å². The van der Waals surface area contributed by atoms with E-state index in [4.69, 9.17) is 4.74 Å². The molecule has 0 bridgehead atoms. The van der Waals surface area contributed by atoms with Crippen molar-refractivity contribution in [3.8, 4) is 16.9 Å². The molecule has 0 saturated carbocycles. The number of hydrogen-bond donors (Lipinski definition) is 4. The number of piperidine rings is 2. The first kappa shape index (κ1) is 38.8.